The van der Waals surface area contributed by atoms with E-state index >= 15 is 0 Å². The molecule has 2 saturated heterocycles. The molecule has 1 aromatic carbocycles. The summed E-state index contributed by atoms with van der Waals surface area (Å²) in [5.41, 5.74) is 3.85. The molecule has 5 rings (SSSR count). The minimum atomic E-state index is -0.847. The number of rotatable bonds is 4. The van der Waals surface area contributed by atoms with Crippen LogP contribution >= 0.6 is 0 Å². The van der Waals surface area contributed by atoms with Gasteiger partial charge in [0.25, 0.3) is 5.91 Å². The van der Waals surface area contributed by atoms with Gasteiger partial charge in [-0.15, -0.1) is 0 Å². The van der Waals surface area contributed by atoms with E-state index < -0.39 is 11.7 Å². The summed E-state index contributed by atoms with van der Waals surface area (Å²) < 4.78 is 11.2. The summed E-state index contributed by atoms with van der Waals surface area (Å²) in [4.78, 5) is 41.1. The Morgan fingerprint density at radius 2 is 1.85 bits per heavy atom. The number of hydrogen-bond acceptors (Lipinski definition) is 7. The zero-order chi connectivity index (χ0) is 23.3. The van der Waals surface area contributed by atoms with Crippen LogP contribution in [0.1, 0.15) is 65.8 Å². The molecule has 1 atom stereocenters. The van der Waals surface area contributed by atoms with Crippen molar-refractivity contribution in [1.82, 2.24) is 9.80 Å². The van der Waals surface area contributed by atoms with E-state index in [2.05, 4.69) is 4.90 Å². The van der Waals surface area contributed by atoms with Crippen molar-refractivity contribution in [2.45, 2.75) is 57.8 Å². The number of esters is 1. The molecule has 8 nitrogen and oxygen atoms in total. The molecular weight excluding hydrogens is 424 g/mol. The Hall–Kier alpha value is -2.55. The lowest BCUT2D eigenvalue weighted by molar-refractivity contribution is -0.177. The van der Waals surface area contributed by atoms with Gasteiger partial charge < -0.3 is 24.4 Å². The quantitative estimate of drug-likeness (QED) is 0.696. The van der Waals surface area contributed by atoms with Gasteiger partial charge in [-0.3, -0.25) is 9.59 Å². The molecule has 0 radical (unpaired) electrons. The van der Waals surface area contributed by atoms with Crippen LogP contribution in [0.4, 0.5) is 0 Å². The van der Waals surface area contributed by atoms with Gasteiger partial charge in [-0.05, 0) is 50.3 Å². The molecule has 3 heterocycles. The van der Waals surface area contributed by atoms with Crippen LogP contribution in [0, 0.1) is 6.92 Å². The van der Waals surface area contributed by atoms with Gasteiger partial charge in [0, 0.05) is 49.4 Å². The maximum absolute atomic E-state index is 13.4. The second kappa shape index (κ2) is 8.34. The summed E-state index contributed by atoms with van der Waals surface area (Å²) >= 11 is 0. The molecule has 0 aromatic heterocycles. The molecule has 1 spiro atoms. The number of cyclic esters (lactones) is 1. The highest BCUT2D eigenvalue weighted by Crippen LogP contribution is 2.37. The standard InChI is InChI=1S/C25H30N2O6/c1-15-17(3-4-18-19(15)14-32-23(18)30)22(29)13-26-9-7-25(8-10-26)24(31)27(11-12-33-25)20-5-6-21(28)16(20)2/h3-4,22,29H,5-14H2,1-2H3/t22-/m0/s1. The molecule has 176 valence electrons. The van der Waals surface area contributed by atoms with Crippen molar-refractivity contribution < 1.29 is 29.0 Å². The molecule has 0 bridgehead atoms. The number of carbonyl (C=O) groups excluding carboxylic acids is 3. The number of nitrogens with zero attached hydrogens (tertiary/aromatic N) is 2. The molecule has 0 saturated carbocycles. The van der Waals surface area contributed by atoms with Gasteiger partial charge in [0.1, 0.15) is 12.2 Å². The summed E-state index contributed by atoms with van der Waals surface area (Å²) in [7, 11) is 0. The van der Waals surface area contributed by atoms with E-state index in [-0.39, 0.29) is 24.3 Å². The average molecular weight is 455 g/mol. The van der Waals surface area contributed by atoms with Gasteiger partial charge in [-0.2, -0.15) is 0 Å². The van der Waals surface area contributed by atoms with Gasteiger partial charge in [0.2, 0.25) is 0 Å². The second-order valence-electron chi connectivity index (χ2n) is 9.49. The van der Waals surface area contributed by atoms with Crippen molar-refractivity contribution >= 4 is 17.7 Å². The maximum Gasteiger partial charge on any atom is 0.338 e. The number of benzene rings is 1. The zero-order valence-corrected chi connectivity index (χ0v) is 19.2. The fourth-order valence-electron chi connectivity index (χ4n) is 5.63. The Bertz CT molecular complexity index is 1050. The number of Topliss-reactive ketones (excluding diaryl/α,β-unsaturated/α-hetero) is 1. The summed E-state index contributed by atoms with van der Waals surface area (Å²) in [6.07, 6.45) is 1.52. The largest absolute Gasteiger partial charge is 0.457 e. The number of ketones is 1. The van der Waals surface area contributed by atoms with E-state index in [9.17, 15) is 19.5 Å². The number of hydrogen-bond donors (Lipinski definition) is 1. The van der Waals surface area contributed by atoms with Crippen LogP contribution in [0.25, 0.3) is 0 Å². The predicted molar refractivity (Wildman–Crippen MR) is 118 cm³/mol. The number of aliphatic hydroxyl groups is 1. The van der Waals surface area contributed by atoms with Crippen LogP contribution in [0.15, 0.2) is 23.4 Å². The predicted octanol–water partition coefficient (Wildman–Crippen LogP) is 2.03. The van der Waals surface area contributed by atoms with Crippen molar-refractivity contribution in [3.63, 3.8) is 0 Å². The molecule has 1 amide bonds. The molecule has 2 fully saturated rings. The van der Waals surface area contributed by atoms with Crippen molar-refractivity contribution in [2.75, 3.05) is 32.8 Å². The number of aliphatic hydroxyl groups excluding tert-OH is 1. The average Bonchev–Trinajstić information content (AvgIpc) is 3.35. The minimum absolute atomic E-state index is 0.0304. The summed E-state index contributed by atoms with van der Waals surface area (Å²) in [6, 6.07) is 3.54. The van der Waals surface area contributed by atoms with Crippen LogP contribution in [-0.4, -0.2) is 71.0 Å². The van der Waals surface area contributed by atoms with E-state index in [1.165, 1.54) is 0 Å². The van der Waals surface area contributed by atoms with Gasteiger partial charge in [-0.1, -0.05) is 6.07 Å². The van der Waals surface area contributed by atoms with E-state index in [0.29, 0.717) is 69.6 Å². The first-order valence-electron chi connectivity index (χ1n) is 11.7. The van der Waals surface area contributed by atoms with Gasteiger partial charge in [0.15, 0.2) is 5.78 Å². The second-order valence-corrected chi connectivity index (χ2v) is 9.49. The van der Waals surface area contributed by atoms with Crippen molar-refractivity contribution in [3.05, 3.63) is 45.7 Å². The normalized spacial score (nSPS) is 24.0. The SMILES string of the molecule is CC1=C(N2CCOC3(CCN(C[C@H](O)c4ccc5c(c4C)COC5=O)CC3)C2=O)CCC1=O. The number of carbonyl (C=O) groups is 3. The Kier molecular flexibility index (Phi) is 5.63. The van der Waals surface area contributed by atoms with Crippen molar-refractivity contribution in [3.8, 4) is 0 Å². The Labute approximate surface area is 193 Å². The zero-order valence-electron chi connectivity index (χ0n) is 19.2. The van der Waals surface area contributed by atoms with Gasteiger partial charge in [0.05, 0.1) is 18.3 Å². The molecule has 1 aromatic rings. The first-order chi connectivity index (χ1) is 15.8. The smallest absolute Gasteiger partial charge is 0.338 e. The van der Waals surface area contributed by atoms with Crippen molar-refractivity contribution in [2.24, 2.45) is 0 Å². The van der Waals surface area contributed by atoms with Crippen molar-refractivity contribution in [1.29, 1.82) is 0 Å². The molecule has 1 N–H and O–H groups in total. The lowest BCUT2D eigenvalue weighted by Gasteiger charge is -2.46. The third kappa shape index (κ3) is 3.70. The Morgan fingerprint density at radius 3 is 2.55 bits per heavy atom. The molecule has 0 unspecified atom stereocenters. The number of likely N-dealkylation sites (tertiary alicyclic amines) is 1. The first kappa shape index (κ1) is 22.3. The fourth-order valence-corrected chi connectivity index (χ4v) is 5.63. The van der Waals surface area contributed by atoms with Gasteiger partial charge in [-0.25, -0.2) is 4.79 Å². The minimum Gasteiger partial charge on any atom is -0.457 e. The van der Waals surface area contributed by atoms with Crippen LogP contribution in [0.3, 0.4) is 0 Å². The monoisotopic (exact) mass is 454 g/mol. The Balaban J connectivity index is 1.24. The molecule has 4 aliphatic rings. The van der Waals surface area contributed by atoms with E-state index in [1.807, 2.05) is 13.8 Å². The molecule has 1 aliphatic carbocycles. The number of fused-ring (bicyclic) bond motifs is 1. The molecule has 8 heteroatoms. The van der Waals surface area contributed by atoms with E-state index in [0.717, 1.165) is 22.4 Å². The highest BCUT2D eigenvalue weighted by Gasteiger charge is 2.48. The number of piperidine rings is 1. The van der Waals surface area contributed by atoms with Crippen LogP contribution in [0.2, 0.25) is 0 Å². The third-order valence-corrected chi connectivity index (χ3v) is 7.76. The third-order valence-electron chi connectivity index (χ3n) is 7.76. The topological polar surface area (TPSA) is 96.4 Å². The Morgan fingerprint density at radius 1 is 1.09 bits per heavy atom. The number of β-amino-alcohol motifs (C(OH)–C–C–N with tert-alkyl or cyclic N) is 1. The molecule has 33 heavy (non-hydrogen) atoms. The van der Waals surface area contributed by atoms with E-state index in [1.54, 1.807) is 17.0 Å². The lowest BCUT2D eigenvalue weighted by Crippen LogP contribution is -2.60. The maximum atomic E-state index is 13.4. The summed E-state index contributed by atoms with van der Waals surface area (Å²) in [5, 5.41) is 10.9. The number of amides is 1. The van der Waals surface area contributed by atoms with E-state index in [4.69, 9.17) is 9.47 Å². The first-order valence-corrected chi connectivity index (χ1v) is 11.7. The van der Waals surface area contributed by atoms with Crippen LogP contribution < -0.4 is 0 Å². The highest BCUT2D eigenvalue weighted by molar-refractivity contribution is 5.99. The number of allylic oxidation sites excluding steroid dienone is 2. The molecular formula is C25H30N2O6. The summed E-state index contributed by atoms with van der Waals surface area (Å²) in [5.74, 6) is -0.216. The summed E-state index contributed by atoms with van der Waals surface area (Å²) in [6.45, 7) is 6.66. The fraction of sp³-hybridized carbons (Fsp3) is 0.560. The lowest BCUT2D eigenvalue weighted by atomic mass is 9.87. The number of morpholine rings is 1. The van der Waals surface area contributed by atoms with Gasteiger partial charge >= 0.3 is 5.97 Å². The molecule has 3 aliphatic heterocycles. The van der Waals surface area contributed by atoms with Crippen LogP contribution in [0.5, 0.6) is 0 Å². The highest BCUT2D eigenvalue weighted by atomic mass is 16.5. The number of ether oxygens (including phenoxy) is 2. The van der Waals surface area contributed by atoms with Crippen LogP contribution in [-0.2, 0) is 25.7 Å².